The number of hydrogen-bond donors (Lipinski definition) is 2. The van der Waals surface area contributed by atoms with Crippen molar-refractivity contribution in [2.24, 2.45) is 13.0 Å². The van der Waals surface area contributed by atoms with Gasteiger partial charge >= 0.3 is 0 Å². The second kappa shape index (κ2) is 11.1. The number of piperazine rings is 1. The summed E-state index contributed by atoms with van der Waals surface area (Å²) in [7, 11) is 1.79. The lowest BCUT2D eigenvalue weighted by Gasteiger charge is -2.41. The first-order valence-corrected chi connectivity index (χ1v) is 12.8. The number of anilines is 2. The molecule has 5 rings (SSSR count). The van der Waals surface area contributed by atoms with E-state index in [2.05, 4.69) is 77.9 Å². The summed E-state index contributed by atoms with van der Waals surface area (Å²) < 4.78 is 1.61. The molecular formula is C26H33N11O. The predicted molar refractivity (Wildman–Crippen MR) is 143 cm³/mol. The zero-order valence-corrected chi connectivity index (χ0v) is 22.2. The number of rotatable bonds is 8. The third-order valence-electron chi connectivity index (χ3n) is 6.70. The highest BCUT2D eigenvalue weighted by Crippen LogP contribution is 2.38. The fraction of sp³-hybridized carbons (Fsp3) is 0.423. The maximum atomic E-state index is 13.2. The number of aryl methyl sites for hydroxylation is 1. The molecule has 1 fully saturated rings. The van der Waals surface area contributed by atoms with Gasteiger partial charge in [0.1, 0.15) is 0 Å². The van der Waals surface area contributed by atoms with E-state index in [9.17, 15) is 4.79 Å². The maximum Gasteiger partial charge on any atom is 0.258 e. The SMILES string of the molecule is CC(C)Cc1cc(NC(=O)c2cnn(C)c2)c(-c2nn[nH]n2)c(N2CCN(Cc3cccnn3)[C@@H](C)C2)c1. The molecule has 2 N–H and O–H groups in total. The van der Waals surface area contributed by atoms with Crippen molar-refractivity contribution in [1.82, 2.24) is 45.5 Å². The first-order chi connectivity index (χ1) is 18.4. The van der Waals surface area contributed by atoms with Gasteiger partial charge in [-0.25, -0.2) is 0 Å². The van der Waals surface area contributed by atoms with Crippen molar-refractivity contribution in [3.05, 3.63) is 59.7 Å². The Labute approximate surface area is 221 Å². The highest BCUT2D eigenvalue weighted by atomic mass is 16.1. The van der Waals surface area contributed by atoms with Crippen LogP contribution in [0.5, 0.6) is 0 Å². The number of benzene rings is 1. The minimum atomic E-state index is -0.238. The average Bonchev–Trinajstić information content (AvgIpc) is 3.57. The molecule has 38 heavy (non-hydrogen) atoms. The highest BCUT2D eigenvalue weighted by Gasteiger charge is 2.29. The van der Waals surface area contributed by atoms with E-state index in [0.29, 0.717) is 23.0 Å². The van der Waals surface area contributed by atoms with Crippen LogP contribution in [0.1, 0.15) is 42.4 Å². The van der Waals surface area contributed by atoms with E-state index in [1.54, 1.807) is 30.3 Å². The van der Waals surface area contributed by atoms with Crippen molar-refractivity contribution in [2.45, 2.75) is 39.8 Å². The van der Waals surface area contributed by atoms with E-state index >= 15 is 0 Å². The van der Waals surface area contributed by atoms with E-state index in [4.69, 9.17) is 0 Å². The van der Waals surface area contributed by atoms with Gasteiger partial charge in [0.25, 0.3) is 5.91 Å². The molecule has 1 atom stereocenters. The second-order valence-corrected chi connectivity index (χ2v) is 10.2. The van der Waals surface area contributed by atoms with E-state index in [-0.39, 0.29) is 11.9 Å². The quantitative estimate of drug-likeness (QED) is 0.363. The van der Waals surface area contributed by atoms with Crippen LogP contribution in [0.3, 0.4) is 0 Å². The predicted octanol–water partition coefficient (Wildman–Crippen LogP) is 2.55. The number of aromatic amines is 1. The van der Waals surface area contributed by atoms with Gasteiger partial charge < -0.3 is 10.2 Å². The second-order valence-electron chi connectivity index (χ2n) is 10.2. The smallest absolute Gasteiger partial charge is 0.258 e. The Bertz CT molecular complexity index is 1370. The van der Waals surface area contributed by atoms with Crippen molar-refractivity contribution < 1.29 is 4.79 Å². The summed E-state index contributed by atoms with van der Waals surface area (Å²) in [5.41, 5.74) is 4.96. The Hall–Kier alpha value is -4.19. The number of nitrogens with one attached hydrogen (secondary N) is 2. The van der Waals surface area contributed by atoms with Gasteiger partial charge in [-0.15, -0.1) is 10.2 Å². The molecule has 1 amide bonds. The topological polar surface area (TPSA) is 134 Å². The molecule has 0 unspecified atom stereocenters. The van der Waals surface area contributed by atoms with Gasteiger partial charge in [-0.05, 0) is 54.3 Å². The van der Waals surface area contributed by atoms with Crippen molar-refractivity contribution in [2.75, 3.05) is 29.9 Å². The van der Waals surface area contributed by atoms with E-state index in [0.717, 1.165) is 55.1 Å². The number of nitrogens with zero attached hydrogens (tertiary/aromatic N) is 9. The first-order valence-electron chi connectivity index (χ1n) is 12.8. The van der Waals surface area contributed by atoms with Gasteiger partial charge in [0.2, 0.25) is 5.82 Å². The molecule has 1 aliphatic heterocycles. The highest BCUT2D eigenvalue weighted by molar-refractivity contribution is 6.07. The number of aromatic nitrogens is 8. The van der Waals surface area contributed by atoms with Gasteiger partial charge in [0, 0.05) is 51.7 Å². The molecule has 1 aromatic carbocycles. The molecule has 4 heterocycles. The van der Waals surface area contributed by atoms with Crippen molar-refractivity contribution in [3.63, 3.8) is 0 Å². The Kier molecular flexibility index (Phi) is 7.40. The molecule has 1 aliphatic rings. The molecule has 0 radical (unpaired) electrons. The summed E-state index contributed by atoms with van der Waals surface area (Å²) in [4.78, 5) is 17.9. The summed E-state index contributed by atoms with van der Waals surface area (Å²) >= 11 is 0. The molecule has 12 nitrogen and oxygen atoms in total. The van der Waals surface area contributed by atoms with Gasteiger partial charge in [-0.2, -0.15) is 20.5 Å². The third-order valence-corrected chi connectivity index (χ3v) is 6.70. The van der Waals surface area contributed by atoms with Crippen LogP contribution in [-0.2, 0) is 20.0 Å². The molecule has 4 aromatic rings. The Morgan fingerprint density at radius 1 is 1.24 bits per heavy atom. The number of hydrogen-bond acceptors (Lipinski definition) is 9. The summed E-state index contributed by atoms with van der Waals surface area (Å²) in [6, 6.07) is 8.42. The lowest BCUT2D eigenvalue weighted by atomic mass is 9.97. The average molecular weight is 516 g/mol. The van der Waals surface area contributed by atoms with Crippen molar-refractivity contribution >= 4 is 17.3 Å². The van der Waals surface area contributed by atoms with Gasteiger partial charge in [-0.3, -0.25) is 14.4 Å². The minimum absolute atomic E-state index is 0.238. The Balaban J connectivity index is 1.49. The fourth-order valence-electron chi connectivity index (χ4n) is 4.93. The summed E-state index contributed by atoms with van der Waals surface area (Å²) in [5, 5.41) is 30.5. The van der Waals surface area contributed by atoms with Crippen LogP contribution < -0.4 is 10.2 Å². The van der Waals surface area contributed by atoms with Crippen LogP contribution in [0, 0.1) is 5.92 Å². The molecule has 0 spiro atoms. The largest absolute Gasteiger partial charge is 0.368 e. The summed E-state index contributed by atoms with van der Waals surface area (Å²) in [6.07, 6.45) is 5.82. The molecule has 12 heteroatoms. The lowest BCUT2D eigenvalue weighted by molar-refractivity contribution is 0.102. The summed E-state index contributed by atoms with van der Waals surface area (Å²) in [6.45, 7) is 9.81. The molecule has 0 saturated carbocycles. The number of tetrazole rings is 1. The number of carbonyl (C=O) groups excluding carboxylic acids is 1. The minimum Gasteiger partial charge on any atom is -0.368 e. The van der Waals surface area contributed by atoms with Crippen LogP contribution in [0.2, 0.25) is 0 Å². The number of H-pyrrole nitrogens is 1. The van der Waals surface area contributed by atoms with Crippen LogP contribution in [-0.4, -0.2) is 77.1 Å². The Morgan fingerprint density at radius 3 is 2.76 bits per heavy atom. The Morgan fingerprint density at radius 2 is 2.11 bits per heavy atom. The number of amides is 1. The fourth-order valence-corrected chi connectivity index (χ4v) is 4.93. The van der Waals surface area contributed by atoms with Crippen molar-refractivity contribution in [1.29, 1.82) is 0 Å². The molecule has 1 saturated heterocycles. The molecule has 0 bridgehead atoms. The molecular weight excluding hydrogens is 482 g/mol. The van der Waals surface area contributed by atoms with Crippen LogP contribution in [0.15, 0.2) is 42.9 Å². The van der Waals surface area contributed by atoms with Gasteiger partial charge in [0.15, 0.2) is 0 Å². The molecule has 0 aliphatic carbocycles. The standard InChI is InChI=1S/C26H33N11O/c1-17(2)10-19-11-22(29-26(38)20-13-28-35(4)15-20)24(25-31-33-34-32-25)23(12-19)37-9-8-36(18(3)14-37)16-21-6-5-7-27-30-21/h5-7,11-13,15,17-18H,8-10,14,16H2,1-4H3,(H,29,38)(H,31,32,33,34)/t18-/m0/s1. The zero-order chi connectivity index (χ0) is 26.6. The van der Waals surface area contributed by atoms with Gasteiger partial charge in [-0.1, -0.05) is 13.8 Å². The molecule has 3 aromatic heterocycles. The van der Waals surface area contributed by atoms with Crippen LogP contribution >= 0.6 is 0 Å². The van der Waals surface area contributed by atoms with Gasteiger partial charge in [0.05, 0.1) is 34.4 Å². The number of carbonyl (C=O) groups is 1. The third kappa shape index (κ3) is 5.70. The van der Waals surface area contributed by atoms with Crippen LogP contribution in [0.25, 0.3) is 11.4 Å². The van der Waals surface area contributed by atoms with Crippen molar-refractivity contribution in [3.8, 4) is 11.4 Å². The monoisotopic (exact) mass is 515 g/mol. The molecule has 198 valence electrons. The first kappa shape index (κ1) is 25.5. The zero-order valence-electron chi connectivity index (χ0n) is 22.2. The van der Waals surface area contributed by atoms with E-state index in [1.165, 1.54) is 0 Å². The van der Waals surface area contributed by atoms with Crippen LogP contribution in [0.4, 0.5) is 11.4 Å². The summed E-state index contributed by atoms with van der Waals surface area (Å²) in [5.74, 6) is 0.647. The van der Waals surface area contributed by atoms with E-state index in [1.807, 2.05) is 18.2 Å². The maximum absolute atomic E-state index is 13.2. The lowest BCUT2D eigenvalue weighted by Crippen LogP contribution is -2.51. The van der Waals surface area contributed by atoms with E-state index < -0.39 is 0 Å². The normalized spacial score (nSPS) is 16.2.